The number of halogens is 1. The number of nitrogens with zero attached hydrogens (tertiary/aromatic N) is 1. The first-order valence-corrected chi connectivity index (χ1v) is 4.05. The van der Waals surface area contributed by atoms with Crippen LogP contribution in [0.3, 0.4) is 0 Å². The van der Waals surface area contributed by atoms with E-state index in [4.69, 9.17) is 21.6 Å². The number of rotatable bonds is 2. The molecule has 0 heterocycles. The van der Waals surface area contributed by atoms with E-state index in [0.29, 0.717) is 10.8 Å². The van der Waals surface area contributed by atoms with Gasteiger partial charge >= 0.3 is 0 Å². The largest absolute Gasteiger partial charge is 0.496 e. The standard InChI is InChI=1S/C10H8ClNO/c1-13-10-7-9(11)5-4-8(10)3-2-6-12/h2-5,7H,1H3/b3-2+. The SMILES string of the molecule is COc1cc(Cl)ccc1/C=C/C#N. The zero-order valence-electron chi connectivity index (χ0n) is 7.12. The van der Waals surface area contributed by atoms with Gasteiger partial charge in [-0.1, -0.05) is 11.6 Å². The first kappa shape index (κ1) is 9.63. The van der Waals surface area contributed by atoms with Crippen LogP contribution in [0.25, 0.3) is 6.08 Å². The van der Waals surface area contributed by atoms with Gasteiger partial charge in [0.25, 0.3) is 0 Å². The van der Waals surface area contributed by atoms with Crippen molar-refractivity contribution in [1.29, 1.82) is 5.26 Å². The lowest BCUT2D eigenvalue weighted by Crippen LogP contribution is -1.86. The van der Waals surface area contributed by atoms with E-state index in [2.05, 4.69) is 0 Å². The van der Waals surface area contributed by atoms with Crippen molar-refractivity contribution in [3.05, 3.63) is 34.9 Å². The van der Waals surface area contributed by atoms with Crippen LogP contribution in [0.2, 0.25) is 5.02 Å². The highest BCUT2D eigenvalue weighted by molar-refractivity contribution is 6.30. The summed E-state index contributed by atoms with van der Waals surface area (Å²) < 4.78 is 5.08. The number of hydrogen-bond acceptors (Lipinski definition) is 2. The number of nitriles is 1. The molecule has 0 fully saturated rings. The predicted molar refractivity (Wildman–Crippen MR) is 52.7 cm³/mol. The number of allylic oxidation sites excluding steroid dienone is 1. The van der Waals surface area contributed by atoms with Crippen molar-refractivity contribution < 1.29 is 4.74 Å². The molecule has 0 saturated carbocycles. The van der Waals surface area contributed by atoms with Gasteiger partial charge in [-0.25, -0.2) is 0 Å². The van der Waals surface area contributed by atoms with Crippen molar-refractivity contribution in [2.75, 3.05) is 7.11 Å². The van der Waals surface area contributed by atoms with Crippen molar-refractivity contribution >= 4 is 17.7 Å². The molecule has 0 aliphatic heterocycles. The molecule has 0 aliphatic rings. The molecule has 0 atom stereocenters. The molecule has 1 aromatic rings. The van der Waals surface area contributed by atoms with Gasteiger partial charge in [-0.15, -0.1) is 0 Å². The third-order valence-electron chi connectivity index (χ3n) is 1.53. The van der Waals surface area contributed by atoms with E-state index in [-0.39, 0.29) is 0 Å². The summed E-state index contributed by atoms with van der Waals surface area (Å²) in [5, 5.41) is 8.96. The second-order valence-corrected chi connectivity index (χ2v) is 2.79. The summed E-state index contributed by atoms with van der Waals surface area (Å²) in [5.41, 5.74) is 0.841. The number of methoxy groups -OCH3 is 1. The molecule has 0 amide bonds. The molecule has 3 heteroatoms. The van der Waals surface area contributed by atoms with E-state index in [1.165, 1.54) is 6.08 Å². The molecule has 13 heavy (non-hydrogen) atoms. The molecule has 0 aromatic heterocycles. The van der Waals surface area contributed by atoms with Gasteiger partial charge in [0.2, 0.25) is 0 Å². The van der Waals surface area contributed by atoms with Gasteiger partial charge in [-0.05, 0) is 24.3 Å². The van der Waals surface area contributed by atoms with Gasteiger partial charge in [-0.2, -0.15) is 5.26 Å². The summed E-state index contributed by atoms with van der Waals surface area (Å²) in [6.45, 7) is 0. The molecule has 1 aromatic carbocycles. The summed E-state index contributed by atoms with van der Waals surface area (Å²) in [4.78, 5) is 0. The fourth-order valence-electron chi connectivity index (χ4n) is 0.950. The quantitative estimate of drug-likeness (QED) is 0.677. The van der Waals surface area contributed by atoms with Gasteiger partial charge in [0.1, 0.15) is 5.75 Å². The van der Waals surface area contributed by atoms with Crippen LogP contribution in [0, 0.1) is 11.3 Å². The van der Waals surface area contributed by atoms with Gasteiger partial charge in [0.05, 0.1) is 13.2 Å². The highest BCUT2D eigenvalue weighted by Gasteiger charge is 1.99. The molecule has 0 saturated heterocycles. The van der Waals surface area contributed by atoms with Crippen LogP contribution in [0.1, 0.15) is 5.56 Å². The van der Waals surface area contributed by atoms with E-state index < -0.39 is 0 Å². The Morgan fingerprint density at radius 3 is 2.92 bits per heavy atom. The van der Waals surface area contributed by atoms with Crippen LogP contribution in [0.15, 0.2) is 24.3 Å². The fourth-order valence-corrected chi connectivity index (χ4v) is 1.11. The van der Waals surface area contributed by atoms with E-state index in [0.717, 1.165) is 5.56 Å². The van der Waals surface area contributed by atoms with Gasteiger partial charge in [0, 0.05) is 16.7 Å². The summed E-state index contributed by atoms with van der Waals surface area (Å²) in [6.07, 6.45) is 3.07. The second-order valence-electron chi connectivity index (χ2n) is 2.35. The maximum absolute atomic E-state index is 8.34. The fraction of sp³-hybridized carbons (Fsp3) is 0.100. The van der Waals surface area contributed by atoms with Crippen molar-refractivity contribution in [3.63, 3.8) is 0 Å². The third-order valence-corrected chi connectivity index (χ3v) is 1.77. The number of benzene rings is 1. The lowest BCUT2D eigenvalue weighted by Gasteiger charge is -2.03. The van der Waals surface area contributed by atoms with Crippen LogP contribution in [0.4, 0.5) is 0 Å². The molecule has 0 N–H and O–H groups in total. The minimum Gasteiger partial charge on any atom is -0.496 e. The maximum atomic E-state index is 8.34. The minimum absolute atomic E-state index is 0.617. The van der Waals surface area contributed by atoms with Crippen LogP contribution in [0.5, 0.6) is 5.75 Å². The normalized spacial score (nSPS) is 9.92. The van der Waals surface area contributed by atoms with E-state index in [9.17, 15) is 0 Å². The summed E-state index contributed by atoms with van der Waals surface area (Å²) in [7, 11) is 1.56. The Morgan fingerprint density at radius 2 is 2.31 bits per heavy atom. The monoisotopic (exact) mass is 193 g/mol. The second kappa shape index (κ2) is 4.54. The van der Waals surface area contributed by atoms with Gasteiger partial charge in [-0.3, -0.25) is 0 Å². The molecule has 66 valence electrons. The average Bonchev–Trinajstić information content (AvgIpc) is 2.16. The summed E-state index contributed by atoms with van der Waals surface area (Å²) in [6, 6.07) is 7.17. The molecule has 0 spiro atoms. The van der Waals surface area contributed by atoms with E-state index >= 15 is 0 Å². The molecular weight excluding hydrogens is 186 g/mol. The predicted octanol–water partition coefficient (Wildman–Crippen LogP) is 2.89. The zero-order chi connectivity index (χ0) is 9.68. The molecular formula is C10H8ClNO. The Kier molecular flexibility index (Phi) is 3.36. The lowest BCUT2D eigenvalue weighted by molar-refractivity contribution is 0.414. The Bertz CT molecular complexity index is 366. The highest BCUT2D eigenvalue weighted by Crippen LogP contribution is 2.23. The smallest absolute Gasteiger partial charge is 0.127 e. The molecule has 1 rings (SSSR count). The molecule has 2 nitrogen and oxygen atoms in total. The van der Waals surface area contributed by atoms with Gasteiger partial charge in [0.15, 0.2) is 0 Å². The van der Waals surface area contributed by atoms with E-state index in [1.54, 1.807) is 31.4 Å². The van der Waals surface area contributed by atoms with Crippen LogP contribution >= 0.6 is 11.6 Å². The van der Waals surface area contributed by atoms with Crippen molar-refractivity contribution in [3.8, 4) is 11.8 Å². The Balaban J connectivity index is 3.07. The Hall–Kier alpha value is -1.46. The Labute approximate surface area is 82.0 Å². The van der Waals surface area contributed by atoms with Crippen LogP contribution < -0.4 is 4.74 Å². The molecule has 0 unspecified atom stereocenters. The number of hydrogen-bond donors (Lipinski definition) is 0. The number of ether oxygens (including phenoxy) is 1. The first-order chi connectivity index (χ1) is 6.27. The zero-order valence-corrected chi connectivity index (χ0v) is 7.88. The minimum atomic E-state index is 0.617. The lowest BCUT2D eigenvalue weighted by atomic mass is 10.2. The summed E-state index contributed by atoms with van der Waals surface area (Å²) in [5.74, 6) is 0.666. The third kappa shape index (κ3) is 2.50. The topological polar surface area (TPSA) is 33.0 Å². The molecule has 0 radical (unpaired) electrons. The van der Waals surface area contributed by atoms with Gasteiger partial charge < -0.3 is 4.74 Å². The maximum Gasteiger partial charge on any atom is 0.127 e. The highest BCUT2D eigenvalue weighted by atomic mass is 35.5. The summed E-state index contributed by atoms with van der Waals surface area (Å²) >= 11 is 5.76. The van der Waals surface area contributed by atoms with E-state index in [1.807, 2.05) is 6.07 Å². The molecule has 0 bridgehead atoms. The average molecular weight is 194 g/mol. The Morgan fingerprint density at radius 1 is 1.54 bits per heavy atom. The van der Waals surface area contributed by atoms with Crippen LogP contribution in [-0.4, -0.2) is 7.11 Å². The van der Waals surface area contributed by atoms with Crippen molar-refractivity contribution in [1.82, 2.24) is 0 Å². The van der Waals surface area contributed by atoms with Crippen LogP contribution in [-0.2, 0) is 0 Å². The molecule has 0 aliphatic carbocycles. The first-order valence-electron chi connectivity index (χ1n) is 3.67. The van der Waals surface area contributed by atoms with Crippen molar-refractivity contribution in [2.45, 2.75) is 0 Å². The van der Waals surface area contributed by atoms with Crippen molar-refractivity contribution in [2.24, 2.45) is 0 Å².